The highest BCUT2D eigenvalue weighted by Gasteiger charge is 2.20. The maximum absolute atomic E-state index is 11.9. The minimum atomic E-state index is -0.462. The summed E-state index contributed by atoms with van der Waals surface area (Å²) >= 11 is 1.29. The summed E-state index contributed by atoms with van der Waals surface area (Å²) in [6, 6.07) is 7.24. The molecule has 0 aliphatic carbocycles. The Morgan fingerprint density at radius 2 is 2.00 bits per heavy atom. The van der Waals surface area contributed by atoms with Gasteiger partial charge in [0, 0.05) is 26.0 Å². The van der Waals surface area contributed by atoms with Crippen LogP contribution in [0.5, 0.6) is 0 Å². The molecule has 1 amide bonds. The van der Waals surface area contributed by atoms with E-state index in [1.807, 2.05) is 12.1 Å². The van der Waals surface area contributed by atoms with Gasteiger partial charge in [-0.2, -0.15) is 0 Å². The third-order valence-corrected chi connectivity index (χ3v) is 3.64. The molecule has 19 heavy (non-hydrogen) atoms. The van der Waals surface area contributed by atoms with Crippen LogP contribution in [-0.4, -0.2) is 35.2 Å². The van der Waals surface area contributed by atoms with E-state index in [-0.39, 0.29) is 0 Å². The number of hydrogen-bond acceptors (Lipinski definition) is 4. The van der Waals surface area contributed by atoms with Crippen LogP contribution < -0.4 is 0 Å². The van der Waals surface area contributed by atoms with Crippen LogP contribution in [0.1, 0.15) is 15.2 Å². The van der Waals surface area contributed by atoms with Crippen molar-refractivity contribution in [3.8, 4) is 0 Å². The van der Waals surface area contributed by atoms with Gasteiger partial charge in [0.1, 0.15) is 0 Å². The van der Waals surface area contributed by atoms with Crippen LogP contribution in [-0.2, 0) is 11.2 Å². The van der Waals surface area contributed by atoms with Crippen LogP contribution in [0.25, 0.3) is 0 Å². The minimum absolute atomic E-state index is 0.438. The van der Waals surface area contributed by atoms with Gasteiger partial charge in [-0.15, -0.1) is 11.3 Å². The van der Waals surface area contributed by atoms with Crippen molar-refractivity contribution < 1.29 is 9.59 Å². The Labute approximate surface area is 115 Å². The molecular formula is C14H14N2O2S. The number of Topliss-reactive ketones (excluding diaryl/α,β-unsaturated/α-hetero) is 1. The molecule has 0 aliphatic rings. The molecule has 0 bridgehead atoms. The van der Waals surface area contributed by atoms with Gasteiger partial charge in [-0.05, 0) is 35.6 Å². The second kappa shape index (κ2) is 6.24. The molecule has 0 saturated carbocycles. The lowest BCUT2D eigenvalue weighted by molar-refractivity contribution is -0.125. The zero-order valence-electron chi connectivity index (χ0n) is 10.6. The largest absolute Gasteiger partial charge is 0.339 e. The van der Waals surface area contributed by atoms with E-state index in [0.717, 1.165) is 5.56 Å². The summed E-state index contributed by atoms with van der Waals surface area (Å²) in [5, 5.41) is 1.79. The SMILES string of the molecule is CN(CCc1ccncc1)C(=O)C(=O)c1cccs1. The van der Waals surface area contributed by atoms with Crippen LogP contribution in [0.2, 0.25) is 0 Å². The average Bonchev–Trinajstić information content (AvgIpc) is 2.98. The Morgan fingerprint density at radius 3 is 2.63 bits per heavy atom. The molecule has 0 saturated heterocycles. The van der Waals surface area contributed by atoms with Crippen LogP contribution in [0.3, 0.4) is 0 Å². The Balaban J connectivity index is 1.91. The van der Waals surface area contributed by atoms with Crippen LogP contribution in [0.4, 0.5) is 0 Å². The topological polar surface area (TPSA) is 50.3 Å². The second-order valence-electron chi connectivity index (χ2n) is 4.14. The number of amides is 1. The molecule has 0 spiro atoms. The Bertz CT molecular complexity index is 552. The molecule has 0 fully saturated rings. The van der Waals surface area contributed by atoms with Crippen molar-refractivity contribution in [3.05, 3.63) is 52.5 Å². The van der Waals surface area contributed by atoms with Crippen molar-refractivity contribution in [2.24, 2.45) is 0 Å². The number of pyridine rings is 1. The van der Waals surface area contributed by atoms with E-state index >= 15 is 0 Å². The van der Waals surface area contributed by atoms with E-state index in [0.29, 0.717) is 17.8 Å². The van der Waals surface area contributed by atoms with Gasteiger partial charge >= 0.3 is 0 Å². The van der Waals surface area contributed by atoms with Gasteiger partial charge in [-0.1, -0.05) is 6.07 Å². The summed E-state index contributed by atoms with van der Waals surface area (Å²) in [5.74, 6) is -0.899. The van der Waals surface area contributed by atoms with Crippen molar-refractivity contribution in [2.45, 2.75) is 6.42 Å². The lowest BCUT2D eigenvalue weighted by Crippen LogP contribution is -2.34. The van der Waals surface area contributed by atoms with E-state index in [1.165, 1.54) is 16.2 Å². The third kappa shape index (κ3) is 3.48. The monoisotopic (exact) mass is 274 g/mol. The van der Waals surface area contributed by atoms with E-state index < -0.39 is 11.7 Å². The molecule has 2 aromatic heterocycles. The molecule has 0 unspecified atom stereocenters. The third-order valence-electron chi connectivity index (χ3n) is 2.77. The summed E-state index contributed by atoms with van der Waals surface area (Å²) in [6.07, 6.45) is 4.14. The number of likely N-dealkylation sites (N-methyl/N-ethyl adjacent to an activating group) is 1. The summed E-state index contributed by atoms with van der Waals surface area (Å²) in [5.41, 5.74) is 1.10. The van der Waals surface area contributed by atoms with Gasteiger partial charge in [0.15, 0.2) is 0 Å². The van der Waals surface area contributed by atoms with Crippen LogP contribution in [0, 0.1) is 0 Å². The quantitative estimate of drug-likeness (QED) is 0.619. The number of rotatable bonds is 5. The van der Waals surface area contributed by atoms with Gasteiger partial charge in [0.05, 0.1) is 4.88 Å². The predicted octanol–water partition coefficient (Wildman–Crippen LogP) is 2.03. The first kappa shape index (κ1) is 13.4. The van der Waals surface area contributed by atoms with Gasteiger partial charge in [0.25, 0.3) is 11.7 Å². The Morgan fingerprint density at radius 1 is 1.26 bits per heavy atom. The lowest BCUT2D eigenvalue weighted by Gasteiger charge is -2.15. The first-order valence-electron chi connectivity index (χ1n) is 5.90. The van der Waals surface area contributed by atoms with Crippen LogP contribution >= 0.6 is 11.3 Å². The average molecular weight is 274 g/mol. The number of nitrogens with zero attached hydrogens (tertiary/aromatic N) is 2. The van der Waals surface area contributed by atoms with Gasteiger partial charge in [-0.3, -0.25) is 14.6 Å². The van der Waals surface area contributed by atoms with Crippen molar-refractivity contribution in [3.63, 3.8) is 0 Å². The zero-order valence-corrected chi connectivity index (χ0v) is 11.4. The van der Waals surface area contributed by atoms with Crippen molar-refractivity contribution in [1.29, 1.82) is 0 Å². The Hall–Kier alpha value is -2.01. The fraction of sp³-hybridized carbons (Fsp3) is 0.214. The molecule has 2 rings (SSSR count). The van der Waals surface area contributed by atoms with Gasteiger partial charge < -0.3 is 4.90 Å². The standard InChI is InChI=1S/C14H14N2O2S/c1-16(9-6-11-4-7-15-8-5-11)14(18)13(17)12-3-2-10-19-12/h2-5,7-8,10H,6,9H2,1H3. The molecule has 0 atom stereocenters. The molecule has 5 heteroatoms. The van der Waals surface area contributed by atoms with Gasteiger partial charge in [-0.25, -0.2) is 0 Å². The number of carbonyl (C=O) groups is 2. The summed E-state index contributed by atoms with van der Waals surface area (Å²) < 4.78 is 0. The maximum Gasteiger partial charge on any atom is 0.295 e. The first-order valence-corrected chi connectivity index (χ1v) is 6.78. The number of carbonyl (C=O) groups excluding carboxylic acids is 2. The number of thiophene rings is 1. The maximum atomic E-state index is 11.9. The fourth-order valence-electron chi connectivity index (χ4n) is 1.63. The molecular weight excluding hydrogens is 260 g/mol. The molecule has 2 aromatic rings. The molecule has 0 aliphatic heterocycles. The van der Waals surface area contributed by atoms with E-state index in [9.17, 15) is 9.59 Å². The predicted molar refractivity (Wildman–Crippen MR) is 74.2 cm³/mol. The number of hydrogen-bond donors (Lipinski definition) is 0. The Kier molecular flexibility index (Phi) is 4.41. The number of aromatic nitrogens is 1. The van der Waals surface area contributed by atoms with Crippen molar-refractivity contribution in [1.82, 2.24) is 9.88 Å². The highest BCUT2D eigenvalue weighted by Crippen LogP contribution is 2.10. The van der Waals surface area contributed by atoms with E-state index in [4.69, 9.17) is 0 Å². The molecule has 0 aromatic carbocycles. The van der Waals surface area contributed by atoms with Crippen molar-refractivity contribution in [2.75, 3.05) is 13.6 Å². The lowest BCUT2D eigenvalue weighted by atomic mass is 10.2. The highest BCUT2D eigenvalue weighted by atomic mass is 32.1. The molecule has 2 heterocycles. The minimum Gasteiger partial charge on any atom is -0.339 e. The van der Waals surface area contributed by atoms with Crippen LogP contribution in [0.15, 0.2) is 42.0 Å². The summed E-state index contributed by atoms with van der Waals surface area (Å²) in [7, 11) is 1.65. The normalized spacial score (nSPS) is 10.2. The molecule has 0 radical (unpaired) electrons. The summed E-state index contributed by atoms with van der Waals surface area (Å²) in [6.45, 7) is 0.514. The van der Waals surface area contributed by atoms with E-state index in [1.54, 1.807) is 37.0 Å². The molecule has 98 valence electrons. The fourth-order valence-corrected chi connectivity index (χ4v) is 2.29. The zero-order chi connectivity index (χ0) is 13.7. The highest BCUT2D eigenvalue weighted by molar-refractivity contribution is 7.12. The number of ketones is 1. The molecule has 4 nitrogen and oxygen atoms in total. The van der Waals surface area contributed by atoms with E-state index in [2.05, 4.69) is 4.98 Å². The summed E-state index contributed by atoms with van der Waals surface area (Å²) in [4.78, 5) is 29.7. The molecule has 0 N–H and O–H groups in total. The second-order valence-corrected chi connectivity index (χ2v) is 5.09. The smallest absolute Gasteiger partial charge is 0.295 e. The van der Waals surface area contributed by atoms with Gasteiger partial charge in [0.2, 0.25) is 0 Å². The van der Waals surface area contributed by atoms with Crippen molar-refractivity contribution >= 4 is 23.0 Å². The first-order chi connectivity index (χ1) is 9.18.